The number of hydrogen-bond acceptors (Lipinski definition) is 5. The number of fused-ring (bicyclic) bond motifs is 1. The molecule has 8 heteroatoms. The minimum Gasteiger partial charge on any atom is -0.491 e. The van der Waals surface area contributed by atoms with Gasteiger partial charge in [0.05, 0.1) is 12.1 Å². The van der Waals surface area contributed by atoms with E-state index >= 15 is 0 Å². The lowest BCUT2D eigenvalue weighted by Gasteiger charge is -2.07. The van der Waals surface area contributed by atoms with Crippen LogP contribution in [0.25, 0.3) is 33.5 Å². The van der Waals surface area contributed by atoms with Gasteiger partial charge < -0.3 is 19.5 Å². The first-order chi connectivity index (χ1) is 12.1. The fraction of sp³-hybridized carbons (Fsp3) is 0.176. The number of aromatic nitrogens is 3. The average molecular weight is 403 g/mol. The second-order valence-electron chi connectivity index (χ2n) is 5.92. The van der Waals surface area contributed by atoms with Crippen molar-refractivity contribution in [2.24, 2.45) is 0 Å². The molecule has 3 heterocycles. The number of nitrogens with two attached hydrogens (primary N) is 1. The third kappa shape index (κ3) is 2.21. The van der Waals surface area contributed by atoms with E-state index < -0.39 is 5.82 Å². The van der Waals surface area contributed by atoms with Crippen molar-refractivity contribution in [1.82, 2.24) is 14.5 Å². The molecule has 5 rings (SSSR count). The molecule has 1 aliphatic heterocycles. The molecule has 1 aliphatic rings. The third-order valence-corrected chi connectivity index (χ3v) is 4.73. The van der Waals surface area contributed by atoms with E-state index in [1.165, 1.54) is 6.07 Å². The predicted molar refractivity (Wildman–Crippen MR) is 94.9 cm³/mol. The Morgan fingerprint density at radius 2 is 2.04 bits per heavy atom. The molecule has 0 fully saturated rings. The van der Waals surface area contributed by atoms with Crippen LogP contribution in [0.15, 0.2) is 33.2 Å². The maximum Gasteiger partial charge on any atom is 0.293 e. The number of benzene rings is 2. The number of halogens is 2. The summed E-state index contributed by atoms with van der Waals surface area (Å²) in [5, 5.41) is 0. The van der Waals surface area contributed by atoms with Crippen molar-refractivity contribution in [1.29, 1.82) is 0 Å². The molecule has 0 bridgehead atoms. The number of anilines is 1. The molecule has 2 N–H and O–H groups in total. The first-order valence-electron chi connectivity index (χ1n) is 7.78. The molecule has 126 valence electrons. The largest absolute Gasteiger partial charge is 0.491 e. The monoisotopic (exact) mass is 402 g/mol. The van der Waals surface area contributed by atoms with Crippen LogP contribution in [0.4, 0.5) is 10.4 Å². The Morgan fingerprint density at radius 3 is 2.92 bits per heavy atom. The van der Waals surface area contributed by atoms with E-state index in [1.807, 2.05) is 12.1 Å². The highest BCUT2D eigenvalue weighted by Gasteiger charge is 2.21. The van der Waals surface area contributed by atoms with Gasteiger partial charge in [-0.2, -0.15) is 4.98 Å². The number of nitrogens with zero attached hydrogens (tertiary/aromatic N) is 3. The summed E-state index contributed by atoms with van der Waals surface area (Å²) in [5.41, 5.74) is 8.30. The number of nitrogen functional groups attached to an aromatic ring is 1. The smallest absolute Gasteiger partial charge is 0.293 e. The van der Waals surface area contributed by atoms with Crippen LogP contribution in [-0.4, -0.2) is 21.1 Å². The van der Waals surface area contributed by atoms with Gasteiger partial charge in [-0.3, -0.25) is 0 Å². The number of aryl methyl sites for hydroxylation is 1. The Bertz CT molecular complexity index is 1150. The van der Waals surface area contributed by atoms with Crippen molar-refractivity contribution < 1.29 is 13.5 Å². The summed E-state index contributed by atoms with van der Waals surface area (Å²) in [7, 11) is 0. The number of imidazole rings is 1. The molecule has 0 aliphatic carbocycles. The van der Waals surface area contributed by atoms with Gasteiger partial charge in [0.2, 0.25) is 0 Å². The zero-order valence-corrected chi connectivity index (χ0v) is 14.5. The van der Waals surface area contributed by atoms with E-state index in [0.29, 0.717) is 23.5 Å². The maximum absolute atomic E-state index is 14.4. The average Bonchev–Trinajstić information content (AvgIpc) is 3.03. The Balaban J connectivity index is 1.82. The van der Waals surface area contributed by atoms with Crippen molar-refractivity contribution in [3.8, 4) is 17.1 Å². The van der Waals surface area contributed by atoms with E-state index in [9.17, 15) is 4.39 Å². The number of oxazole rings is 1. The Kier molecular flexibility index (Phi) is 3.05. The molecule has 0 unspecified atom stereocenters. The first kappa shape index (κ1) is 14.7. The van der Waals surface area contributed by atoms with Crippen LogP contribution in [0.2, 0.25) is 0 Å². The van der Waals surface area contributed by atoms with E-state index in [0.717, 1.165) is 34.2 Å². The molecule has 2 aromatic carbocycles. The second kappa shape index (κ2) is 5.19. The molecule has 4 aromatic rings. The van der Waals surface area contributed by atoms with Gasteiger partial charge in [0.1, 0.15) is 22.6 Å². The number of rotatable bonds is 1. The quantitative estimate of drug-likeness (QED) is 0.518. The van der Waals surface area contributed by atoms with Gasteiger partial charge in [-0.15, -0.1) is 0 Å². The third-order valence-electron chi connectivity index (χ3n) is 4.27. The van der Waals surface area contributed by atoms with Crippen LogP contribution in [0.3, 0.4) is 0 Å². The van der Waals surface area contributed by atoms with Crippen molar-refractivity contribution >= 4 is 44.1 Å². The van der Waals surface area contributed by atoms with Gasteiger partial charge in [-0.25, -0.2) is 9.37 Å². The Hall–Kier alpha value is -2.61. The van der Waals surface area contributed by atoms with E-state index in [-0.39, 0.29) is 11.6 Å². The molecule has 0 saturated carbocycles. The van der Waals surface area contributed by atoms with Crippen LogP contribution in [-0.2, 0) is 6.54 Å². The summed E-state index contributed by atoms with van der Waals surface area (Å²) in [6.45, 7) is 1.36. The molecule has 25 heavy (non-hydrogen) atoms. The van der Waals surface area contributed by atoms with Crippen molar-refractivity contribution in [3.63, 3.8) is 0 Å². The van der Waals surface area contributed by atoms with E-state index in [4.69, 9.17) is 19.9 Å². The molecule has 0 spiro atoms. The highest BCUT2D eigenvalue weighted by Crippen LogP contribution is 2.37. The SMILES string of the molecule is Nc1nc2cc(-c3nc4cc(Br)cc5c4n3CCCO5)cc(F)c2o1. The topological polar surface area (TPSA) is 79.1 Å². The minimum atomic E-state index is -0.511. The number of ether oxygens (including phenoxy) is 1. The summed E-state index contributed by atoms with van der Waals surface area (Å²) in [5.74, 6) is 0.929. The summed E-state index contributed by atoms with van der Waals surface area (Å²) in [4.78, 5) is 8.74. The van der Waals surface area contributed by atoms with Gasteiger partial charge in [0.25, 0.3) is 6.01 Å². The standard InChI is InChI=1S/C17H12BrFN4O2/c18-9-6-11-14-13(7-9)24-3-1-2-23(14)16(21-11)8-4-10(19)15-12(5-8)22-17(20)25-15/h4-7H,1-3H2,(H2,20,22). The molecular weight excluding hydrogens is 391 g/mol. The lowest BCUT2D eigenvalue weighted by atomic mass is 10.2. The van der Waals surface area contributed by atoms with Crippen molar-refractivity contribution in [3.05, 3.63) is 34.6 Å². The van der Waals surface area contributed by atoms with Crippen LogP contribution in [0, 0.1) is 5.82 Å². The summed E-state index contributed by atoms with van der Waals surface area (Å²) in [6.07, 6.45) is 0.840. The van der Waals surface area contributed by atoms with E-state index in [1.54, 1.807) is 6.07 Å². The summed E-state index contributed by atoms with van der Waals surface area (Å²) >= 11 is 3.49. The predicted octanol–water partition coefficient (Wildman–Crippen LogP) is 4.11. The van der Waals surface area contributed by atoms with Gasteiger partial charge in [0, 0.05) is 16.6 Å². The van der Waals surface area contributed by atoms with Crippen LogP contribution >= 0.6 is 15.9 Å². The molecule has 6 nitrogen and oxygen atoms in total. The van der Waals surface area contributed by atoms with Gasteiger partial charge >= 0.3 is 0 Å². The highest BCUT2D eigenvalue weighted by molar-refractivity contribution is 9.10. The Morgan fingerprint density at radius 1 is 1.16 bits per heavy atom. The fourth-order valence-electron chi connectivity index (χ4n) is 3.29. The van der Waals surface area contributed by atoms with Crippen molar-refractivity contribution in [2.75, 3.05) is 12.3 Å². The zero-order chi connectivity index (χ0) is 17.1. The van der Waals surface area contributed by atoms with Crippen LogP contribution < -0.4 is 10.5 Å². The first-order valence-corrected chi connectivity index (χ1v) is 8.58. The van der Waals surface area contributed by atoms with Crippen LogP contribution in [0.5, 0.6) is 5.75 Å². The fourth-order valence-corrected chi connectivity index (χ4v) is 3.71. The van der Waals surface area contributed by atoms with Crippen LogP contribution in [0.1, 0.15) is 6.42 Å². The molecule has 2 aromatic heterocycles. The number of hydrogen-bond donors (Lipinski definition) is 1. The van der Waals surface area contributed by atoms with Gasteiger partial charge in [-0.05, 0) is 30.7 Å². The van der Waals surface area contributed by atoms with Crippen molar-refractivity contribution in [2.45, 2.75) is 13.0 Å². The Labute approximate surface area is 149 Å². The molecular formula is C17H12BrFN4O2. The lowest BCUT2D eigenvalue weighted by Crippen LogP contribution is -2.01. The minimum absolute atomic E-state index is 0.0556. The second-order valence-corrected chi connectivity index (χ2v) is 6.83. The molecule has 0 atom stereocenters. The highest BCUT2D eigenvalue weighted by atomic mass is 79.9. The van der Waals surface area contributed by atoms with E-state index in [2.05, 4.69) is 25.5 Å². The summed E-state index contributed by atoms with van der Waals surface area (Å²) in [6, 6.07) is 6.94. The molecule has 0 radical (unpaired) electrons. The lowest BCUT2D eigenvalue weighted by molar-refractivity contribution is 0.315. The molecule has 0 saturated heterocycles. The maximum atomic E-state index is 14.4. The molecule has 0 amide bonds. The van der Waals surface area contributed by atoms with Gasteiger partial charge in [0.15, 0.2) is 11.4 Å². The normalized spacial score (nSPS) is 14.0. The van der Waals surface area contributed by atoms with Gasteiger partial charge in [-0.1, -0.05) is 15.9 Å². The summed E-state index contributed by atoms with van der Waals surface area (Å²) < 4.78 is 28.3. The zero-order valence-electron chi connectivity index (χ0n) is 12.9.